The number of aliphatic hydroxyl groups is 1. The van der Waals surface area contributed by atoms with E-state index in [0.29, 0.717) is 24.5 Å². The van der Waals surface area contributed by atoms with E-state index in [1.807, 2.05) is 43.6 Å². The molecule has 1 aliphatic rings. The standard InChI is InChI=1S/C21H21N5O3/c1-12-6-13-2-3-14(7-17(13)23-9-12)28-10-15-8-18(27)21(29-15)26-5-4-16-19(22)24-11-25-20(16)26/h2-7,9,11,15,18,21,27H,8,10H2,1H3,(H2,22,24,25)/t15?,18-,21?/m1/s1. The van der Waals surface area contributed by atoms with Gasteiger partial charge in [0.15, 0.2) is 6.23 Å². The van der Waals surface area contributed by atoms with Crippen LogP contribution in [0.5, 0.6) is 5.75 Å². The number of ether oxygens (including phenoxy) is 2. The number of aromatic nitrogens is 4. The number of anilines is 1. The fourth-order valence-electron chi connectivity index (χ4n) is 3.77. The zero-order valence-corrected chi connectivity index (χ0v) is 15.9. The van der Waals surface area contributed by atoms with E-state index in [9.17, 15) is 5.11 Å². The van der Waals surface area contributed by atoms with Crippen LogP contribution in [0.1, 0.15) is 18.2 Å². The van der Waals surface area contributed by atoms with Gasteiger partial charge in [-0.25, -0.2) is 9.97 Å². The van der Waals surface area contributed by atoms with Gasteiger partial charge in [-0.05, 0) is 36.8 Å². The lowest BCUT2D eigenvalue weighted by Gasteiger charge is -2.18. The third-order valence-electron chi connectivity index (χ3n) is 5.21. The number of fused-ring (bicyclic) bond motifs is 2. The molecule has 0 radical (unpaired) electrons. The molecule has 3 aromatic heterocycles. The Balaban J connectivity index is 1.30. The number of aliphatic hydroxyl groups excluding tert-OH is 1. The van der Waals surface area contributed by atoms with Gasteiger partial charge >= 0.3 is 0 Å². The predicted molar refractivity (Wildman–Crippen MR) is 108 cm³/mol. The van der Waals surface area contributed by atoms with Crippen LogP contribution in [0, 0.1) is 6.92 Å². The molecule has 8 nitrogen and oxygen atoms in total. The molecule has 0 amide bonds. The monoisotopic (exact) mass is 391 g/mol. The maximum absolute atomic E-state index is 10.5. The molecule has 0 bridgehead atoms. The van der Waals surface area contributed by atoms with Crippen LogP contribution in [0.3, 0.4) is 0 Å². The Morgan fingerprint density at radius 2 is 2.14 bits per heavy atom. The van der Waals surface area contributed by atoms with E-state index in [2.05, 4.69) is 21.0 Å². The molecule has 1 saturated heterocycles. The van der Waals surface area contributed by atoms with Crippen LogP contribution in [0.4, 0.5) is 5.82 Å². The van der Waals surface area contributed by atoms with Gasteiger partial charge in [-0.15, -0.1) is 0 Å². The van der Waals surface area contributed by atoms with Crippen LogP contribution in [0.15, 0.2) is 49.1 Å². The molecule has 148 valence electrons. The second-order valence-corrected chi connectivity index (χ2v) is 7.35. The molecule has 8 heteroatoms. The van der Waals surface area contributed by atoms with Gasteiger partial charge in [0.05, 0.1) is 17.0 Å². The molecule has 3 N–H and O–H groups in total. The Bertz CT molecular complexity index is 1190. The molecular formula is C21H21N5O3. The molecule has 0 aliphatic carbocycles. The van der Waals surface area contributed by atoms with Crippen molar-refractivity contribution in [1.82, 2.24) is 19.5 Å². The van der Waals surface area contributed by atoms with E-state index in [1.54, 1.807) is 4.57 Å². The summed E-state index contributed by atoms with van der Waals surface area (Å²) >= 11 is 0. The van der Waals surface area contributed by atoms with Crippen molar-refractivity contribution in [2.24, 2.45) is 0 Å². The lowest BCUT2D eigenvalue weighted by atomic mass is 10.1. The quantitative estimate of drug-likeness (QED) is 0.550. The number of nitrogens with two attached hydrogens (primary N) is 1. The van der Waals surface area contributed by atoms with E-state index >= 15 is 0 Å². The summed E-state index contributed by atoms with van der Waals surface area (Å²) in [6.45, 7) is 2.35. The molecule has 4 aromatic rings. The van der Waals surface area contributed by atoms with Gasteiger partial charge in [-0.3, -0.25) is 4.98 Å². The van der Waals surface area contributed by atoms with Crippen LogP contribution in [0.2, 0.25) is 0 Å². The summed E-state index contributed by atoms with van der Waals surface area (Å²) in [6, 6.07) is 9.75. The minimum Gasteiger partial charge on any atom is -0.491 e. The average Bonchev–Trinajstić information content (AvgIpc) is 3.30. The molecule has 3 atom stereocenters. The van der Waals surface area contributed by atoms with Crippen molar-refractivity contribution in [3.05, 3.63) is 54.6 Å². The van der Waals surface area contributed by atoms with Crippen molar-refractivity contribution in [2.45, 2.75) is 31.8 Å². The van der Waals surface area contributed by atoms with Gasteiger partial charge in [0.2, 0.25) is 0 Å². The second-order valence-electron chi connectivity index (χ2n) is 7.35. The highest BCUT2D eigenvalue weighted by Crippen LogP contribution is 2.33. The number of benzene rings is 1. The summed E-state index contributed by atoms with van der Waals surface area (Å²) in [6.07, 6.45) is 4.07. The summed E-state index contributed by atoms with van der Waals surface area (Å²) < 4.78 is 13.8. The number of pyridine rings is 1. The van der Waals surface area contributed by atoms with Crippen molar-refractivity contribution >= 4 is 27.8 Å². The van der Waals surface area contributed by atoms with E-state index in [0.717, 1.165) is 27.6 Å². The first kappa shape index (κ1) is 17.8. The van der Waals surface area contributed by atoms with Crippen molar-refractivity contribution in [2.75, 3.05) is 12.3 Å². The zero-order valence-electron chi connectivity index (χ0n) is 15.9. The van der Waals surface area contributed by atoms with Crippen LogP contribution in [-0.4, -0.2) is 43.4 Å². The second kappa shape index (κ2) is 6.98. The summed E-state index contributed by atoms with van der Waals surface area (Å²) in [5, 5.41) is 12.4. The van der Waals surface area contributed by atoms with Crippen LogP contribution in [-0.2, 0) is 4.74 Å². The zero-order chi connectivity index (χ0) is 20.0. The summed E-state index contributed by atoms with van der Waals surface area (Å²) in [5.74, 6) is 1.13. The van der Waals surface area contributed by atoms with Gasteiger partial charge < -0.3 is 24.9 Å². The first-order valence-corrected chi connectivity index (χ1v) is 9.48. The Morgan fingerprint density at radius 1 is 1.24 bits per heavy atom. The smallest absolute Gasteiger partial charge is 0.161 e. The first-order valence-electron chi connectivity index (χ1n) is 9.48. The molecular weight excluding hydrogens is 370 g/mol. The van der Waals surface area contributed by atoms with E-state index in [-0.39, 0.29) is 6.10 Å². The summed E-state index contributed by atoms with van der Waals surface area (Å²) in [5.41, 5.74) is 8.54. The molecule has 0 spiro atoms. The predicted octanol–water partition coefficient (Wildman–Crippen LogP) is 2.60. The highest BCUT2D eigenvalue weighted by atomic mass is 16.6. The SMILES string of the molecule is Cc1cnc2cc(OCC3C[C@@H](O)C(n4ccc5c(N)ncnc54)O3)ccc2c1. The number of aryl methyl sites for hydroxylation is 1. The minimum absolute atomic E-state index is 0.242. The first-order chi connectivity index (χ1) is 14.1. The molecule has 29 heavy (non-hydrogen) atoms. The van der Waals surface area contributed by atoms with Crippen LogP contribution < -0.4 is 10.5 Å². The number of rotatable bonds is 4. The Hall–Kier alpha value is -3.23. The molecule has 1 aliphatic heterocycles. The molecule has 2 unspecified atom stereocenters. The number of nitrogen functional groups attached to an aromatic ring is 1. The lowest BCUT2D eigenvalue weighted by Crippen LogP contribution is -2.19. The van der Waals surface area contributed by atoms with Crippen LogP contribution >= 0.6 is 0 Å². The lowest BCUT2D eigenvalue weighted by molar-refractivity contribution is -0.0454. The number of hydrogen-bond donors (Lipinski definition) is 2. The third-order valence-corrected chi connectivity index (χ3v) is 5.21. The van der Waals surface area contributed by atoms with Crippen LogP contribution in [0.25, 0.3) is 21.9 Å². The number of nitrogens with zero attached hydrogens (tertiary/aromatic N) is 4. The average molecular weight is 391 g/mol. The molecule has 4 heterocycles. The highest BCUT2D eigenvalue weighted by molar-refractivity contribution is 5.86. The molecule has 5 rings (SSSR count). The Labute approximate surface area is 166 Å². The van der Waals surface area contributed by atoms with E-state index < -0.39 is 12.3 Å². The largest absolute Gasteiger partial charge is 0.491 e. The van der Waals surface area contributed by atoms with Gasteiger partial charge in [-0.1, -0.05) is 0 Å². The normalized spacial score (nSPS) is 21.8. The summed E-state index contributed by atoms with van der Waals surface area (Å²) in [4.78, 5) is 12.7. The fourth-order valence-corrected chi connectivity index (χ4v) is 3.77. The summed E-state index contributed by atoms with van der Waals surface area (Å²) in [7, 11) is 0. The van der Waals surface area contributed by atoms with Gasteiger partial charge in [-0.2, -0.15) is 0 Å². The van der Waals surface area contributed by atoms with Crippen molar-refractivity contribution < 1.29 is 14.6 Å². The van der Waals surface area contributed by atoms with Crippen molar-refractivity contribution in [1.29, 1.82) is 0 Å². The van der Waals surface area contributed by atoms with Gasteiger partial charge in [0.25, 0.3) is 0 Å². The third kappa shape index (κ3) is 3.26. The maximum atomic E-state index is 10.5. The van der Waals surface area contributed by atoms with E-state index in [4.69, 9.17) is 15.2 Å². The fraction of sp³-hybridized carbons (Fsp3) is 0.286. The topological polar surface area (TPSA) is 108 Å². The van der Waals surface area contributed by atoms with Crippen molar-refractivity contribution in [3.8, 4) is 5.75 Å². The Kier molecular flexibility index (Phi) is 4.30. The molecule has 0 saturated carbocycles. The number of hydrogen-bond acceptors (Lipinski definition) is 7. The van der Waals surface area contributed by atoms with Crippen molar-refractivity contribution in [3.63, 3.8) is 0 Å². The van der Waals surface area contributed by atoms with Gasteiger partial charge in [0, 0.05) is 30.3 Å². The molecule has 1 aromatic carbocycles. The minimum atomic E-state index is -0.670. The van der Waals surface area contributed by atoms with E-state index in [1.165, 1.54) is 6.33 Å². The maximum Gasteiger partial charge on any atom is 0.161 e. The Morgan fingerprint density at radius 3 is 3.03 bits per heavy atom. The van der Waals surface area contributed by atoms with Gasteiger partial charge in [0.1, 0.15) is 36.3 Å². The highest BCUT2D eigenvalue weighted by Gasteiger charge is 2.36. The molecule has 1 fully saturated rings.